The Kier molecular flexibility index (Phi) is 6.79. The molecule has 6 nitrogen and oxygen atoms in total. The van der Waals surface area contributed by atoms with Crippen LogP contribution in [0.3, 0.4) is 0 Å². The molecule has 3 rings (SSSR count). The molecule has 0 aliphatic heterocycles. The highest BCUT2D eigenvalue weighted by Gasteiger charge is 2.26. The van der Waals surface area contributed by atoms with Crippen LogP contribution in [0.25, 0.3) is 17.5 Å². The molecule has 0 aliphatic carbocycles. The van der Waals surface area contributed by atoms with Gasteiger partial charge in [0, 0.05) is 11.6 Å². The van der Waals surface area contributed by atoms with Gasteiger partial charge in [-0.25, -0.2) is 0 Å². The first-order chi connectivity index (χ1) is 14.1. The summed E-state index contributed by atoms with van der Waals surface area (Å²) in [6.07, 6.45) is 4.15. The van der Waals surface area contributed by atoms with E-state index in [2.05, 4.69) is 22.4 Å². The topological polar surface area (TPSA) is 77.2 Å². The molecular weight excluding hydrogens is 366 g/mol. The maximum absolute atomic E-state index is 12.5. The summed E-state index contributed by atoms with van der Waals surface area (Å²) in [6, 6.07) is 16.7. The van der Waals surface area contributed by atoms with Crippen molar-refractivity contribution in [2.75, 3.05) is 7.11 Å². The molecule has 0 aliphatic rings. The van der Waals surface area contributed by atoms with Gasteiger partial charge in [0.25, 0.3) is 0 Å². The van der Waals surface area contributed by atoms with Crippen LogP contribution >= 0.6 is 0 Å². The van der Waals surface area contributed by atoms with E-state index in [-0.39, 0.29) is 17.9 Å². The average molecular weight is 391 g/mol. The SMILES string of the molecule is CC[C@@H](C)[C@@H](NC(=O)/C=C/c1ccccc1)c1nc(-c2cccc(OC)c2)no1. The average Bonchev–Trinajstić information content (AvgIpc) is 3.26. The Hall–Kier alpha value is -3.41. The number of rotatable bonds is 8. The van der Waals surface area contributed by atoms with Crippen LogP contribution in [0.15, 0.2) is 65.2 Å². The third-order valence-electron chi connectivity index (χ3n) is 4.77. The maximum Gasteiger partial charge on any atom is 0.249 e. The predicted octanol–water partition coefficient (Wildman–Crippen LogP) is 4.66. The first-order valence-corrected chi connectivity index (χ1v) is 9.62. The third kappa shape index (κ3) is 5.31. The number of hydrogen-bond donors (Lipinski definition) is 1. The van der Waals surface area contributed by atoms with E-state index in [1.807, 2.05) is 61.5 Å². The predicted molar refractivity (Wildman–Crippen MR) is 112 cm³/mol. The number of aromatic nitrogens is 2. The Bertz CT molecular complexity index is 966. The monoisotopic (exact) mass is 391 g/mol. The van der Waals surface area contributed by atoms with Gasteiger partial charge >= 0.3 is 0 Å². The Morgan fingerprint density at radius 3 is 2.72 bits per heavy atom. The maximum atomic E-state index is 12.5. The van der Waals surface area contributed by atoms with Crippen LogP contribution in [0.4, 0.5) is 0 Å². The second kappa shape index (κ2) is 9.68. The van der Waals surface area contributed by atoms with E-state index in [1.54, 1.807) is 13.2 Å². The van der Waals surface area contributed by atoms with Crippen molar-refractivity contribution in [3.63, 3.8) is 0 Å². The Morgan fingerprint density at radius 1 is 1.21 bits per heavy atom. The van der Waals surface area contributed by atoms with Gasteiger partial charge in [-0.05, 0) is 29.7 Å². The normalized spacial score (nSPS) is 13.2. The van der Waals surface area contributed by atoms with Gasteiger partial charge in [-0.2, -0.15) is 4.98 Å². The molecule has 6 heteroatoms. The molecule has 1 heterocycles. The van der Waals surface area contributed by atoms with Crippen LogP contribution in [0, 0.1) is 5.92 Å². The molecule has 1 N–H and O–H groups in total. The summed E-state index contributed by atoms with van der Waals surface area (Å²) in [5.41, 5.74) is 1.75. The Morgan fingerprint density at radius 2 is 2.00 bits per heavy atom. The number of hydrogen-bond acceptors (Lipinski definition) is 5. The third-order valence-corrected chi connectivity index (χ3v) is 4.77. The van der Waals surface area contributed by atoms with Gasteiger partial charge in [-0.3, -0.25) is 4.79 Å². The Balaban J connectivity index is 1.77. The van der Waals surface area contributed by atoms with E-state index >= 15 is 0 Å². The van der Waals surface area contributed by atoms with Gasteiger partial charge in [0.2, 0.25) is 17.6 Å². The second-order valence-corrected chi connectivity index (χ2v) is 6.80. The molecular formula is C23H25N3O3. The number of nitrogens with one attached hydrogen (secondary N) is 1. The van der Waals surface area contributed by atoms with Gasteiger partial charge in [-0.1, -0.05) is 67.9 Å². The second-order valence-electron chi connectivity index (χ2n) is 6.80. The van der Waals surface area contributed by atoms with Gasteiger partial charge in [0.05, 0.1) is 7.11 Å². The number of benzene rings is 2. The lowest BCUT2D eigenvalue weighted by Crippen LogP contribution is -2.31. The highest BCUT2D eigenvalue weighted by molar-refractivity contribution is 5.91. The summed E-state index contributed by atoms with van der Waals surface area (Å²) in [6.45, 7) is 4.10. The number of methoxy groups -OCH3 is 1. The van der Waals surface area contributed by atoms with E-state index in [0.717, 1.165) is 17.5 Å². The first-order valence-electron chi connectivity index (χ1n) is 9.62. The van der Waals surface area contributed by atoms with Crippen LogP contribution in [-0.2, 0) is 4.79 Å². The lowest BCUT2D eigenvalue weighted by Gasteiger charge is -2.19. The largest absolute Gasteiger partial charge is 0.497 e. The summed E-state index contributed by atoms with van der Waals surface area (Å²) in [7, 11) is 1.61. The molecule has 0 saturated carbocycles. The van der Waals surface area contributed by atoms with Gasteiger partial charge in [0.1, 0.15) is 11.8 Å². The molecule has 0 unspecified atom stereocenters. The van der Waals surface area contributed by atoms with Crippen LogP contribution in [-0.4, -0.2) is 23.2 Å². The van der Waals surface area contributed by atoms with Crippen LogP contribution in [0.1, 0.15) is 37.8 Å². The molecule has 1 aromatic heterocycles. The zero-order valence-corrected chi connectivity index (χ0v) is 16.8. The summed E-state index contributed by atoms with van der Waals surface area (Å²) < 4.78 is 10.8. The molecule has 0 saturated heterocycles. The summed E-state index contributed by atoms with van der Waals surface area (Å²) in [5, 5.41) is 7.08. The van der Waals surface area contributed by atoms with Crippen molar-refractivity contribution >= 4 is 12.0 Å². The smallest absolute Gasteiger partial charge is 0.249 e. The van der Waals surface area contributed by atoms with Gasteiger partial charge < -0.3 is 14.6 Å². The lowest BCUT2D eigenvalue weighted by molar-refractivity contribution is -0.117. The fourth-order valence-corrected chi connectivity index (χ4v) is 2.86. The molecule has 1 amide bonds. The van der Waals surface area contributed by atoms with Crippen molar-refractivity contribution < 1.29 is 14.1 Å². The molecule has 0 fully saturated rings. The molecule has 0 radical (unpaired) electrons. The highest BCUT2D eigenvalue weighted by Crippen LogP contribution is 2.27. The molecule has 29 heavy (non-hydrogen) atoms. The number of nitrogens with zero attached hydrogens (tertiary/aromatic N) is 2. The van der Waals surface area contributed by atoms with Crippen LogP contribution in [0.2, 0.25) is 0 Å². The van der Waals surface area contributed by atoms with Crippen LogP contribution in [0.5, 0.6) is 5.75 Å². The molecule has 2 atom stereocenters. The van der Waals surface area contributed by atoms with Crippen molar-refractivity contribution in [2.45, 2.75) is 26.3 Å². The van der Waals surface area contributed by atoms with E-state index in [1.165, 1.54) is 6.08 Å². The van der Waals surface area contributed by atoms with Crippen molar-refractivity contribution in [1.29, 1.82) is 0 Å². The van der Waals surface area contributed by atoms with Crippen molar-refractivity contribution in [3.05, 3.63) is 72.1 Å². The standard InChI is InChI=1S/C23H25N3O3/c1-4-16(2)21(24-20(27)14-13-17-9-6-5-7-10-17)23-25-22(26-29-23)18-11-8-12-19(15-18)28-3/h5-16,21H,4H2,1-3H3,(H,24,27)/b14-13+/t16-,21-/m1/s1. The zero-order valence-electron chi connectivity index (χ0n) is 16.8. The number of carbonyl (C=O) groups excluding carboxylic acids is 1. The first kappa shape index (κ1) is 20.3. The molecule has 3 aromatic rings. The molecule has 2 aromatic carbocycles. The summed E-state index contributed by atoms with van der Waals surface area (Å²) >= 11 is 0. The quantitative estimate of drug-likeness (QED) is 0.565. The number of carbonyl (C=O) groups is 1. The minimum Gasteiger partial charge on any atom is -0.497 e. The lowest BCUT2D eigenvalue weighted by atomic mass is 9.99. The van der Waals surface area contributed by atoms with E-state index in [9.17, 15) is 4.79 Å². The molecule has 0 spiro atoms. The van der Waals surface area contributed by atoms with Gasteiger partial charge in [0.15, 0.2) is 0 Å². The molecule has 0 bridgehead atoms. The highest BCUT2D eigenvalue weighted by atomic mass is 16.5. The fourth-order valence-electron chi connectivity index (χ4n) is 2.86. The minimum absolute atomic E-state index is 0.127. The van der Waals surface area contributed by atoms with E-state index in [4.69, 9.17) is 9.26 Å². The minimum atomic E-state index is -0.375. The van der Waals surface area contributed by atoms with Crippen molar-refractivity contribution in [3.8, 4) is 17.1 Å². The van der Waals surface area contributed by atoms with E-state index < -0.39 is 0 Å². The van der Waals surface area contributed by atoms with Gasteiger partial charge in [-0.15, -0.1) is 0 Å². The van der Waals surface area contributed by atoms with Crippen molar-refractivity contribution in [2.24, 2.45) is 5.92 Å². The fraction of sp³-hybridized carbons (Fsp3) is 0.261. The Labute approximate surface area is 170 Å². The van der Waals surface area contributed by atoms with E-state index in [0.29, 0.717) is 17.5 Å². The summed E-state index contributed by atoms with van der Waals surface area (Å²) in [5.74, 6) is 1.48. The number of amides is 1. The van der Waals surface area contributed by atoms with Crippen LogP contribution < -0.4 is 10.1 Å². The number of ether oxygens (including phenoxy) is 1. The summed E-state index contributed by atoms with van der Waals surface area (Å²) in [4.78, 5) is 17.0. The molecule has 150 valence electrons. The zero-order chi connectivity index (χ0) is 20.6. The van der Waals surface area contributed by atoms with Crippen molar-refractivity contribution in [1.82, 2.24) is 15.5 Å².